The summed E-state index contributed by atoms with van der Waals surface area (Å²) in [6, 6.07) is 0. The maximum absolute atomic E-state index is 2.28. The van der Waals surface area contributed by atoms with Gasteiger partial charge in [-0.15, -0.1) is 0 Å². The molecule has 67 valence electrons. The molecular weight excluding hydrogens is 410 g/mol. The van der Waals surface area contributed by atoms with Gasteiger partial charge < -0.3 is 48.0 Å². The third-order valence-electron chi connectivity index (χ3n) is 1.83. The second-order valence-electron chi connectivity index (χ2n) is 2.71. The molecule has 0 atom stereocenters. The molecule has 12 heavy (non-hydrogen) atoms. The van der Waals surface area contributed by atoms with E-state index in [2.05, 4.69) is 39.5 Å². The zero-order chi connectivity index (χ0) is 7.40. The van der Waals surface area contributed by atoms with E-state index < -0.39 is 0 Å². The second-order valence-corrected chi connectivity index (χ2v) is 3.66. The van der Waals surface area contributed by atoms with Crippen molar-refractivity contribution >= 4 is 0 Å². The Balaban J connectivity index is 0. The summed E-state index contributed by atoms with van der Waals surface area (Å²) in [7, 11) is 0. The molecule has 0 bridgehead atoms. The van der Waals surface area contributed by atoms with Crippen LogP contribution in [0.2, 0.25) is 0 Å². The summed E-state index contributed by atoms with van der Waals surface area (Å²) in [6.45, 7) is 2.24. The molecule has 0 aromatic rings. The minimum atomic E-state index is 0. The minimum absolute atomic E-state index is 0. The minimum Gasteiger partial charge on any atom is -1.00 e. The Morgan fingerprint density at radius 1 is 1.42 bits per heavy atom. The Morgan fingerprint density at radius 3 is 2.50 bits per heavy atom. The molecule has 0 spiro atoms. The molecule has 1 aliphatic carbocycles. The van der Waals surface area contributed by atoms with Crippen LogP contribution in [0.15, 0.2) is 21.6 Å². The van der Waals surface area contributed by atoms with Gasteiger partial charge in [0.25, 0.3) is 0 Å². The number of hydrogen-bond acceptors (Lipinski definition) is 0. The van der Waals surface area contributed by atoms with Crippen molar-refractivity contribution in [2.24, 2.45) is 0 Å². The molecule has 0 fully saturated rings. The molecular formula is C9H13I2Ti. The quantitative estimate of drug-likeness (QED) is 0.335. The molecule has 0 amide bonds. The number of hydrogen-bond donors (Lipinski definition) is 0. The first-order chi connectivity index (χ1) is 4.84. The molecule has 0 aromatic heterocycles. The van der Waals surface area contributed by atoms with Crippen LogP contribution in [0.4, 0.5) is 0 Å². The van der Waals surface area contributed by atoms with Crippen molar-refractivity contribution in [2.75, 3.05) is 0 Å². The first-order valence-electron chi connectivity index (χ1n) is 3.94. The third-order valence-corrected chi connectivity index (χ3v) is 2.65. The number of halogens is 2. The second kappa shape index (κ2) is 9.22. The predicted molar refractivity (Wildman–Crippen MR) is 40.3 cm³/mol. The van der Waals surface area contributed by atoms with Crippen molar-refractivity contribution < 1.29 is 68.4 Å². The van der Waals surface area contributed by atoms with E-state index >= 15 is 0 Å². The van der Waals surface area contributed by atoms with E-state index in [-0.39, 0.29) is 48.0 Å². The molecule has 0 N–H and O–H groups in total. The van der Waals surface area contributed by atoms with Gasteiger partial charge >= 0.3 is 74.6 Å². The maximum Gasteiger partial charge on any atom is -1.00 e. The van der Waals surface area contributed by atoms with Crippen LogP contribution in [-0.4, -0.2) is 0 Å². The van der Waals surface area contributed by atoms with Crippen molar-refractivity contribution in [3.8, 4) is 0 Å². The molecule has 0 unspecified atom stereocenters. The third kappa shape index (κ3) is 5.40. The van der Waals surface area contributed by atoms with Gasteiger partial charge in [0, 0.05) is 0 Å². The Morgan fingerprint density at radius 2 is 2.08 bits per heavy atom. The van der Waals surface area contributed by atoms with E-state index in [1.54, 1.807) is 9.45 Å². The van der Waals surface area contributed by atoms with E-state index in [9.17, 15) is 0 Å². The van der Waals surface area contributed by atoms with Gasteiger partial charge in [0.2, 0.25) is 0 Å². The van der Waals surface area contributed by atoms with Gasteiger partial charge in [0.05, 0.1) is 0 Å². The first kappa shape index (κ1) is 16.1. The van der Waals surface area contributed by atoms with Crippen LogP contribution in [0.25, 0.3) is 0 Å². The fraction of sp³-hybridized carbons (Fsp3) is 0.556. The molecule has 1 aliphatic rings. The molecule has 0 saturated carbocycles. The molecule has 0 nitrogen and oxygen atoms in total. The Labute approximate surface area is 121 Å². The Hall–Kier alpha value is 1.65. The number of allylic oxidation sites excluding steroid dienone is 4. The zero-order valence-corrected chi connectivity index (χ0v) is 13.1. The molecule has 1 rings (SSSR count). The SMILES string of the molecule is CCCCC1=[C]([Ti+2])CC=C1.[I-].[I-]. The van der Waals surface area contributed by atoms with E-state index in [4.69, 9.17) is 0 Å². The van der Waals surface area contributed by atoms with Crippen molar-refractivity contribution in [1.82, 2.24) is 0 Å². The largest absolute Gasteiger partial charge is 1.00 e. The van der Waals surface area contributed by atoms with Crippen molar-refractivity contribution in [3.05, 3.63) is 21.6 Å². The summed E-state index contributed by atoms with van der Waals surface area (Å²) in [5.41, 5.74) is 1.59. The molecule has 0 radical (unpaired) electrons. The fourth-order valence-electron chi connectivity index (χ4n) is 1.15. The van der Waals surface area contributed by atoms with Crippen LogP contribution in [0, 0.1) is 0 Å². The van der Waals surface area contributed by atoms with Crippen molar-refractivity contribution in [2.45, 2.75) is 32.6 Å². The normalized spacial score (nSPS) is 14.2. The zero-order valence-electron chi connectivity index (χ0n) is 7.24. The van der Waals surface area contributed by atoms with Crippen LogP contribution in [0.3, 0.4) is 0 Å². The fourth-order valence-corrected chi connectivity index (χ4v) is 1.66. The van der Waals surface area contributed by atoms with Crippen LogP contribution in [0.1, 0.15) is 32.6 Å². The Bertz CT molecular complexity index is 173. The van der Waals surface area contributed by atoms with Gasteiger partial charge in [-0.2, -0.15) is 0 Å². The summed E-state index contributed by atoms with van der Waals surface area (Å²) in [6.07, 6.45) is 9.69. The molecule has 0 aliphatic heterocycles. The van der Waals surface area contributed by atoms with Crippen LogP contribution < -0.4 is 48.0 Å². The van der Waals surface area contributed by atoms with Gasteiger partial charge in [-0.3, -0.25) is 0 Å². The van der Waals surface area contributed by atoms with Gasteiger partial charge in [-0.05, 0) is 0 Å². The van der Waals surface area contributed by atoms with Gasteiger partial charge in [-0.25, -0.2) is 0 Å². The molecule has 0 saturated heterocycles. The van der Waals surface area contributed by atoms with E-state index in [0.717, 1.165) is 0 Å². The monoisotopic (exact) mass is 423 g/mol. The summed E-state index contributed by atoms with van der Waals surface area (Å²) in [4.78, 5) is 0. The van der Waals surface area contributed by atoms with E-state index in [1.807, 2.05) is 0 Å². The van der Waals surface area contributed by atoms with Gasteiger partial charge in [0.1, 0.15) is 0 Å². The summed E-state index contributed by atoms with van der Waals surface area (Å²) < 4.78 is 1.58. The standard InChI is InChI=1S/C9H13.2HI.Ti/c1-2-3-6-9-7-4-5-8-9;;;/h4,7H,2-3,5-6H2,1H3;2*1H;/q;;;+2/p-2. The topological polar surface area (TPSA) is 0 Å². The number of unbranched alkanes of at least 4 members (excludes halogenated alkanes) is 1. The summed E-state index contributed by atoms with van der Waals surface area (Å²) >= 11 is 2.24. The smallest absolute Gasteiger partial charge is 1.00 e. The van der Waals surface area contributed by atoms with Crippen molar-refractivity contribution in [1.29, 1.82) is 0 Å². The number of rotatable bonds is 3. The summed E-state index contributed by atoms with van der Waals surface area (Å²) in [5, 5.41) is 0. The van der Waals surface area contributed by atoms with Crippen molar-refractivity contribution in [3.63, 3.8) is 0 Å². The predicted octanol–water partition coefficient (Wildman–Crippen LogP) is -3.05. The van der Waals surface area contributed by atoms with Crippen LogP contribution >= 0.6 is 0 Å². The van der Waals surface area contributed by atoms with E-state index in [0.29, 0.717) is 0 Å². The van der Waals surface area contributed by atoms with Gasteiger partial charge in [-0.1, -0.05) is 0 Å². The van der Waals surface area contributed by atoms with Crippen LogP contribution in [0.5, 0.6) is 0 Å². The van der Waals surface area contributed by atoms with Gasteiger partial charge in [0.15, 0.2) is 0 Å². The summed E-state index contributed by atoms with van der Waals surface area (Å²) in [5.74, 6) is 0. The molecule has 0 heterocycles. The first-order valence-corrected chi connectivity index (χ1v) is 4.73. The maximum atomic E-state index is 2.28. The average Bonchev–Trinajstić information content (AvgIpc) is 2.31. The molecule has 0 aromatic carbocycles. The van der Waals surface area contributed by atoms with Crippen LogP contribution in [-0.2, 0) is 20.4 Å². The van der Waals surface area contributed by atoms with E-state index in [1.165, 1.54) is 25.7 Å². The molecule has 3 heteroatoms. The Kier molecular flexibility index (Phi) is 12.4. The average molecular weight is 423 g/mol.